The van der Waals surface area contributed by atoms with Crippen LogP contribution < -0.4 is 14.4 Å². The lowest BCUT2D eigenvalue weighted by atomic mass is 9.85. The van der Waals surface area contributed by atoms with Gasteiger partial charge in [-0.25, -0.2) is 13.2 Å². The van der Waals surface area contributed by atoms with Crippen LogP contribution in [-0.2, 0) is 0 Å². The summed E-state index contributed by atoms with van der Waals surface area (Å²) < 4.78 is 81.3. The number of allylic oxidation sites excluding steroid dienone is 1. The molecule has 0 saturated carbocycles. The maximum absolute atomic E-state index is 16.9. The Hall–Kier alpha value is -4.28. The largest absolute Gasteiger partial charge is 0.738 e. The molecule has 3 aromatic heterocycles. The zero-order valence-corrected chi connectivity index (χ0v) is 24.4. The molecule has 10 heteroatoms. The molecule has 8 rings (SSSR count). The van der Waals surface area contributed by atoms with Gasteiger partial charge in [0.2, 0.25) is 0 Å². The molecule has 0 amide bonds. The molecule has 0 saturated heterocycles. The summed E-state index contributed by atoms with van der Waals surface area (Å²) in [5, 5.41) is 0.275. The number of benzene rings is 3. The van der Waals surface area contributed by atoms with Gasteiger partial charge in [-0.1, -0.05) is 59.7 Å². The zero-order valence-electron chi connectivity index (χ0n) is 22.8. The van der Waals surface area contributed by atoms with E-state index in [0.717, 1.165) is 47.0 Å². The highest BCUT2D eigenvalue weighted by Crippen LogP contribution is 2.45. The summed E-state index contributed by atoms with van der Waals surface area (Å²) >= 11 is 2.68. The van der Waals surface area contributed by atoms with Crippen LogP contribution in [0.4, 0.5) is 21.8 Å². The smallest absolute Gasteiger partial charge is 0.389 e. The monoisotopic (exact) mass is 614 g/mol. The van der Waals surface area contributed by atoms with Gasteiger partial charge in [-0.3, -0.25) is 0 Å². The van der Waals surface area contributed by atoms with Crippen LogP contribution in [0.2, 0.25) is 0 Å². The van der Waals surface area contributed by atoms with Gasteiger partial charge >= 0.3 is 6.97 Å². The van der Waals surface area contributed by atoms with E-state index in [9.17, 15) is 8.78 Å². The van der Waals surface area contributed by atoms with Crippen LogP contribution in [0.25, 0.3) is 42.7 Å². The average Bonchev–Trinajstić information content (AvgIpc) is 3.71. The van der Waals surface area contributed by atoms with Gasteiger partial charge in [0.15, 0.2) is 22.7 Å². The molecule has 0 spiro atoms. The van der Waals surface area contributed by atoms with Gasteiger partial charge in [0.25, 0.3) is 0 Å². The van der Waals surface area contributed by atoms with Crippen molar-refractivity contribution in [3.05, 3.63) is 134 Å². The number of fused-ring (bicyclic) bond motifs is 5. The predicted molar refractivity (Wildman–Crippen MR) is 165 cm³/mol. The first-order valence-corrected chi connectivity index (χ1v) is 15.2. The fourth-order valence-electron chi connectivity index (χ4n) is 6.06. The number of nitrogens with zero attached hydrogens (tertiary/aromatic N) is 2. The molecule has 3 aromatic carbocycles. The van der Waals surface area contributed by atoms with Gasteiger partial charge in [-0.15, -0.1) is 22.7 Å². The molecule has 2 aliphatic rings. The molecule has 0 atom stereocenters. The first kappa shape index (κ1) is 26.4. The van der Waals surface area contributed by atoms with Crippen molar-refractivity contribution in [2.75, 3.05) is 0 Å². The van der Waals surface area contributed by atoms with E-state index in [1.165, 1.54) is 22.7 Å². The summed E-state index contributed by atoms with van der Waals surface area (Å²) in [6, 6.07) is 21.9. The Morgan fingerprint density at radius 1 is 0.744 bits per heavy atom. The SMILES string of the molecule is Cc1ccc(-c2cc3c(s2)=CC2=C(c4cc(F)cc(F)c4F)c4cc5sc(-c6ccc(C)cc6)cc5n4[B-](F)(F)[N+]=32)cc1. The van der Waals surface area contributed by atoms with Crippen molar-refractivity contribution in [2.45, 2.75) is 13.8 Å². The van der Waals surface area contributed by atoms with Crippen LogP contribution in [0.15, 0.2) is 84.6 Å². The van der Waals surface area contributed by atoms with Gasteiger partial charge < -0.3 is 17.6 Å². The molecule has 0 aliphatic carbocycles. The number of aromatic nitrogens is 1. The minimum absolute atomic E-state index is 0.0158. The maximum Gasteiger partial charge on any atom is 0.738 e. The molecule has 6 aromatic rings. The average molecular weight is 614 g/mol. The maximum atomic E-state index is 16.9. The van der Waals surface area contributed by atoms with Crippen LogP contribution in [-0.4, -0.2) is 11.4 Å². The first-order valence-electron chi connectivity index (χ1n) is 13.6. The van der Waals surface area contributed by atoms with Gasteiger partial charge in [-0.05, 0) is 43.2 Å². The lowest BCUT2D eigenvalue weighted by Gasteiger charge is -2.31. The Balaban J connectivity index is 1.44. The molecule has 0 fully saturated rings. The Morgan fingerprint density at radius 3 is 2.02 bits per heavy atom. The summed E-state index contributed by atoms with van der Waals surface area (Å²) in [7, 11) is 0. The molecule has 0 N–H and O–H groups in total. The summed E-state index contributed by atoms with van der Waals surface area (Å²) in [4.78, 5) is 1.61. The molecular formula is C33H20BF5N2S2. The van der Waals surface area contributed by atoms with Crippen molar-refractivity contribution < 1.29 is 21.8 Å². The molecule has 2 aliphatic heterocycles. The van der Waals surface area contributed by atoms with E-state index in [1.54, 1.807) is 24.3 Å². The molecule has 5 heterocycles. The summed E-state index contributed by atoms with van der Waals surface area (Å²) in [6.45, 7) is -0.542. The number of rotatable bonds is 3. The molecule has 43 heavy (non-hydrogen) atoms. The molecule has 212 valence electrons. The minimum atomic E-state index is -4.49. The van der Waals surface area contributed by atoms with E-state index in [-0.39, 0.29) is 27.8 Å². The third-order valence-corrected chi connectivity index (χ3v) is 10.4. The number of hydrogen-bond acceptors (Lipinski definition) is 2. The fraction of sp³-hybridized carbons (Fsp3) is 0.0606. The number of halogens is 5. The standard InChI is InChI=1S/C33H20BF5N2S2/c1-17-3-7-19(8-4-17)28-13-24-30(42-28)15-26-32(22-11-21(35)12-23(36)33(22)37)27-16-31-25(41(27)34(38,39)40(24)26)14-29(43-31)20-9-5-18(2)6-10-20/h3-16H,1-2H3. The number of hydrogen-bond donors (Lipinski definition) is 0. The quantitative estimate of drug-likeness (QED) is 0.108. The first-order chi connectivity index (χ1) is 20.6. The Labute approximate surface area is 250 Å². The van der Waals surface area contributed by atoms with Crippen molar-refractivity contribution in [1.82, 2.24) is 8.96 Å². The van der Waals surface area contributed by atoms with Gasteiger partial charge in [0, 0.05) is 44.7 Å². The third-order valence-electron chi connectivity index (χ3n) is 8.12. The van der Waals surface area contributed by atoms with E-state index in [0.29, 0.717) is 15.3 Å². The third kappa shape index (κ3) is 3.86. The second-order valence-electron chi connectivity index (χ2n) is 11.0. The van der Waals surface area contributed by atoms with Crippen LogP contribution in [0.5, 0.6) is 0 Å². The number of thiophene rings is 2. The molecule has 2 nitrogen and oxygen atoms in total. The van der Waals surface area contributed by atoms with Crippen LogP contribution in [0.3, 0.4) is 0 Å². The highest BCUT2D eigenvalue weighted by molar-refractivity contribution is 7.22. The van der Waals surface area contributed by atoms with Gasteiger partial charge in [0.1, 0.15) is 10.3 Å². The van der Waals surface area contributed by atoms with Crippen molar-refractivity contribution in [3.63, 3.8) is 0 Å². The normalized spacial score (nSPS) is 15.1. The second kappa shape index (κ2) is 9.11. The van der Waals surface area contributed by atoms with Crippen LogP contribution in [0, 0.1) is 31.3 Å². The summed E-state index contributed by atoms with van der Waals surface area (Å²) in [5.41, 5.74) is 3.85. The second-order valence-corrected chi connectivity index (χ2v) is 13.1. The van der Waals surface area contributed by atoms with E-state index >= 15 is 13.0 Å². The fourth-order valence-corrected chi connectivity index (χ4v) is 8.24. The Morgan fingerprint density at radius 2 is 1.37 bits per heavy atom. The lowest BCUT2D eigenvalue weighted by molar-refractivity contribution is 0.491. The summed E-state index contributed by atoms with van der Waals surface area (Å²) in [5.74, 6) is -3.66. The van der Waals surface area contributed by atoms with E-state index < -0.39 is 30.0 Å². The zero-order chi connectivity index (χ0) is 29.8. The molecular weight excluding hydrogens is 594 g/mol. The molecule has 0 unspecified atom stereocenters. The van der Waals surface area contributed by atoms with E-state index in [2.05, 4.69) is 0 Å². The van der Waals surface area contributed by atoms with Gasteiger partial charge in [0.05, 0.1) is 10.3 Å². The lowest BCUT2D eigenvalue weighted by Crippen LogP contribution is -2.56. The molecule has 0 bridgehead atoms. The highest BCUT2D eigenvalue weighted by atomic mass is 32.1. The van der Waals surface area contributed by atoms with Gasteiger partial charge in [-0.2, -0.15) is 0 Å². The minimum Gasteiger partial charge on any atom is -0.389 e. The highest BCUT2D eigenvalue weighted by Gasteiger charge is 2.54. The van der Waals surface area contributed by atoms with Crippen molar-refractivity contribution in [3.8, 4) is 20.9 Å². The van der Waals surface area contributed by atoms with Crippen LogP contribution >= 0.6 is 22.7 Å². The summed E-state index contributed by atoms with van der Waals surface area (Å²) in [6.07, 6.45) is 1.58. The number of aryl methyl sites for hydroxylation is 2. The topological polar surface area (TPSA) is 7.94 Å². The van der Waals surface area contributed by atoms with E-state index in [1.807, 2.05) is 62.4 Å². The van der Waals surface area contributed by atoms with E-state index in [4.69, 9.17) is 0 Å². The Kier molecular flexibility index (Phi) is 5.59. The predicted octanol–water partition coefficient (Wildman–Crippen LogP) is 8.11. The van der Waals surface area contributed by atoms with Crippen LogP contribution in [0.1, 0.15) is 22.4 Å². The Bertz CT molecular complexity index is 2310. The van der Waals surface area contributed by atoms with Crippen molar-refractivity contribution in [2.24, 2.45) is 0 Å². The van der Waals surface area contributed by atoms with Crippen molar-refractivity contribution >= 4 is 51.5 Å². The molecule has 0 radical (unpaired) electrons. The van der Waals surface area contributed by atoms with Crippen molar-refractivity contribution in [1.29, 1.82) is 0 Å².